The first kappa shape index (κ1) is 15.5. The van der Waals surface area contributed by atoms with Gasteiger partial charge in [0.1, 0.15) is 0 Å². The van der Waals surface area contributed by atoms with E-state index >= 15 is 0 Å². The number of amidine groups is 1. The summed E-state index contributed by atoms with van der Waals surface area (Å²) in [5.41, 5.74) is 0.645. The van der Waals surface area contributed by atoms with Crippen molar-refractivity contribution in [2.24, 2.45) is 4.99 Å². The molecule has 1 aliphatic rings. The van der Waals surface area contributed by atoms with E-state index in [9.17, 15) is 5.11 Å². The van der Waals surface area contributed by atoms with Crippen LogP contribution in [0.15, 0.2) is 58.3 Å². The summed E-state index contributed by atoms with van der Waals surface area (Å²) < 4.78 is 0.998. The maximum absolute atomic E-state index is 11.2. The maximum Gasteiger partial charge on any atom is 0.175 e. The Morgan fingerprint density at radius 2 is 2.14 bits per heavy atom. The van der Waals surface area contributed by atoms with Crippen LogP contribution >= 0.6 is 27.7 Å². The van der Waals surface area contributed by atoms with E-state index in [1.807, 2.05) is 48.2 Å². The lowest BCUT2D eigenvalue weighted by molar-refractivity contribution is -0.0452. The summed E-state index contributed by atoms with van der Waals surface area (Å²) in [6, 6.07) is 11.5. The highest BCUT2D eigenvalue weighted by molar-refractivity contribution is 9.10. The highest BCUT2D eigenvalue weighted by atomic mass is 79.9. The number of halogens is 1. The minimum Gasteiger partial charge on any atom is -0.366 e. The molecule has 114 valence electrons. The van der Waals surface area contributed by atoms with Crippen LogP contribution in [0.3, 0.4) is 0 Å². The molecule has 1 aromatic carbocycles. The van der Waals surface area contributed by atoms with Crippen LogP contribution in [0, 0.1) is 0 Å². The first-order chi connectivity index (χ1) is 10.6. The number of hydrogen-bond acceptors (Lipinski definition) is 4. The topological polar surface area (TPSA) is 48.7 Å². The molecule has 2 aromatic rings. The summed E-state index contributed by atoms with van der Waals surface area (Å²) in [6.07, 6.45) is 3.44. The Kier molecular flexibility index (Phi) is 4.52. The molecule has 2 heterocycles. The molecular weight excluding hydrogens is 362 g/mol. The second kappa shape index (κ2) is 6.40. The van der Waals surface area contributed by atoms with Crippen molar-refractivity contribution in [3.8, 4) is 0 Å². The van der Waals surface area contributed by atoms with Gasteiger partial charge in [0.2, 0.25) is 0 Å². The number of aliphatic imine (C=N–C) groups is 1. The van der Waals surface area contributed by atoms with Gasteiger partial charge in [-0.1, -0.05) is 39.8 Å². The predicted molar refractivity (Wildman–Crippen MR) is 94.2 cm³/mol. The summed E-state index contributed by atoms with van der Waals surface area (Å²) >= 11 is 4.99. The summed E-state index contributed by atoms with van der Waals surface area (Å²) in [6.45, 7) is 2.70. The van der Waals surface area contributed by atoms with Gasteiger partial charge in [-0.2, -0.15) is 0 Å². The molecular formula is C16H16BrN3OS. The van der Waals surface area contributed by atoms with Crippen molar-refractivity contribution in [2.75, 3.05) is 12.3 Å². The number of rotatable bonds is 3. The smallest absolute Gasteiger partial charge is 0.175 e. The predicted octanol–water partition coefficient (Wildman–Crippen LogP) is 3.75. The van der Waals surface area contributed by atoms with Gasteiger partial charge in [-0.25, -0.2) is 4.99 Å². The lowest BCUT2D eigenvalue weighted by atomic mass is 10.0. The third-order valence-corrected chi connectivity index (χ3v) is 5.22. The molecule has 0 saturated carbocycles. The van der Waals surface area contributed by atoms with Crippen LogP contribution in [0.1, 0.15) is 12.5 Å². The van der Waals surface area contributed by atoms with Crippen molar-refractivity contribution in [1.82, 2.24) is 9.88 Å². The average Bonchev–Trinajstić information content (AvgIpc) is 2.86. The highest BCUT2D eigenvalue weighted by Gasteiger charge is 2.43. The first-order valence-corrected chi connectivity index (χ1v) is 8.79. The SMILES string of the molecule is CCN1C(=Nc2cccnc2)SC[C@]1(O)c1ccc(Br)cc1. The van der Waals surface area contributed by atoms with E-state index in [0.717, 1.165) is 20.9 Å². The second-order valence-corrected chi connectivity index (χ2v) is 6.82. The largest absolute Gasteiger partial charge is 0.366 e. The molecule has 1 saturated heterocycles. The van der Waals surface area contributed by atoms with Crippen LogP contribution in [0.4, 0.5) is 5.69 Å². The number of aromatic nitrogens is 1. The molecule has 1 aromatic heterocycles. The van der Waals surface area contributed by atoms with Crippen LogP contribution in [0.25, 0.3) is 0 Å². The fraction of sp³-hybridized carbons (Fsp3) is 0.250. The third-order valence-electron chi connectivity index (χ3n) is 3.57. The van der Waals surface area contributed by atoms with Gasteiger partial charge in [0.05, 0.1) is 17.6 Å². The maximum atomic E-state index is 11.2. The van der Waals surface area contributed by atoms with Gasteiger partial charge in [-0.15, -0.1) is 0 Å². The molecule has 0 radical (unpaired) electrons. The standard InChI is InChI=1S/C16H16BrN3OS/c1-2-20-15(19-14-4-3-9-18-10-14)22-11-16(20,21)12-5-7-13(17)8-6-12/h3-10,21H,2,11H2,1H3/t16-/m0/s1. The van der Waals surface area contributed by atoms with Gasteiger partial charge in [0.25, 0.3) is 0 Å². The number of benzene rings is 1. The van der Waals surface area contributed by atoms with Crippen molar-refractivity contribution < 1.29 is 5.11 Å². The van der Waals surface area contributed by atoms with E-state index < -0.39 is 5.72 Å². The van der Waals surface area contributed by atoms with E-state index in [0.29, 0.717) is 12.3 Å². The van der Waals surface area contributed by atoms with E-state index in [4.69, 9.17) is 0 Å². The van der Waals surface area contributed by atoms with Crippen molar-refractivity contribution in [3.05, 3.63) is 58.8 Å². The zero-order valence-electron chi connectivity index (χ0n) is 12.1. The lowest BCUT2D eigenvalue weighted by Crippen LogP contribution is -2.44. The molecule has 4 nitrogen and oxygen atoms in total. The Hall–Kier alpha value is -1.37. The fourth-order valence-corrected chi connectivity index (χ4v) is 3.98. The molecule has 0 amide bonds. The van der Waals surface area contributed by atoms with E-state index in [-0.39, 0.29) is 0 Å². The van der Waals surface area contributed by atoms with Gasteiger partial charge in [-0.3, -0.25) is 4.98 Å². The molecule has 0 spiro atoms. The number of hydrogen-bond donors (Lipinski definition) is 1. The van der Waals surface area contributed by atoms with Gasteiger partial charge in [0, 0.05) is 22.8 Å². The number of aliphatic hydroxyl groups is 1. The number of thioether (sulfide) groups is 1. The number of nitrogens with zero attached hydrogens (tertiary/aromatic N) is 3. The molecule has 22 heavy (non-hydrogen) atoms. The molecule has 1 N–H and O–H groups in total. The molecule has 3 rings (SSSR count). The molecule has 0 bridgehead atoms. The lowest BCUT2D eigenvalue weighted by Gasteiger charge is -2.33. The molecule has 1 aliphatic heterocycles. The van der Waals surface area contributed by atoms with Crippen molar-refractivity contribution in [1.29, 1.82) is 0 Å². The molecule has 0 aliphatic carbocycles. The monoisotopic (exact) mass is 377 g/mol. The van der Waals surface area contributed by atoms with Crippen LogP contribution in [-0.4, -0.2) is 32.5 Å². The first-order valence-electron chi connectivity index (χ1n) is 7.01. The Bertz CT molecular complexity index is 678. The quantitative estimate of drug-likeness (QED) is 0.884. The van der Waals surface area contributed by atoms with Gasteiger partial charge in [-0.05, 0) is 31.2 Å². The summed E-state index contributed by atoms with van der Waals surface area (Å²) in [5, 5.41) is 12.0. The summed E-state index contributed by atoms with van der Waals surface area (Å²) in [5.74, 6) is 0.557. The molecule has 6 heteroatoms. The van der Waals surface area contributed by atoms with E-state index in [1.165, 1.54) is 0 Å². The second-order valence-electron chi connectivity index (χ2n) is 4.96. The zero-order valence-corrected chi connectivity index (χ0v) is 14.5. The Balaban J connectivity index is 1.95. The van der Waals surface area contributed by atoms with Crippen LogP contribution < -0.4 is 0 Å². The van der Waals surface area contributed by atoms with Gasteiger partial charge >= 0.3 is 0 Å². The average molecular weight is 378 g/mol. The minimum absolute atomic E-state index is 0.557. The van der Waals surface area contributed by atoms with Crippen molar-refractivity contribution in [3.63, 3.8) is 0 Å². The fourth-order valence-electron chi connectivity index (χ4n) is 2.46. The number of pyridine rings is 1. The van der Waals surface area contributed by atoms with Gasteiger partial charge < -0.3 is 10.0 Å². The molecule has 1 atom stereocenters. The summed E-state index contributed by atoms with van der Waals surface area (Å²) in [7, 11) is 0. The Labute approximate surface area is 142 Å². The van der Waals surface area contributed by atoms with Crippen LogP contribution in [0.2, 0.25) is 0 Å². The molecule has 0 unspecified atom stereocenters. The zero-order chi connectivity index (χ0) is 15.6. The third kappa shape index (κ3) is 2.91. The van der Waals surface area contributed by atoms with Crippen molar-refractivity contribution >= 4 is 38.5 Å². The van der Waals surface area contributed by atoms with Crippen LogP contribution in [0.5, 0.6) is 0 Å². The summed E-state index contributed by atoms with van der Waals surface area (Å²) in [4.78, 5) is 10.6. The minimum atomic E-state index is -1.03. The normalized spacial score (nSPS) is 23.2. The highest BCUT2D eigenvalue weighted by Crippen LogP contribution is 2.39. The van der Waals surface area contributed by atoms with Gasteiger partial charge in [0.15, 0.2) is 10.9 Å². The van der Waals surface area contributed by atoms with E-state index in [1.54, 1.807) is 24.2 Å². The van der Waals surface area contributed by atoms with E-state index in [2.05, 4.69) is 25.9 Å². The van der Waals surface area contributed by atoms with Crippen molar-refractivity contribution in [2.45, 2.75) is 12.6 Å². The molecule has 1 fully saturated rings. The Morgan fingerprint density at radius 1 is 1.36 bits per heavy atom. The van der Waals surface area contributed by atoms with Crippen LogP contribution in [-0.2, 0) is 5.72 Å². The Morgan fingerprint density at radius 3 is 2.77 bits per heavy atom.